The normalized spacial score (nSPS) is 11.9. The maximum Gasteiger partial charge on any atom is 0.249 e. The lowest BCUT2D eigenvalue weighted by molar-refractivity contribution is -0.117. The first-order chi connectivity index (χ1) is 9.50. The summed E-state index contributed by atoms with van der Waals surface area (Å²) in [6.45, 7) is 1.73. The lowest BCUT2D eigenvalue weighted by Gasteiger charge is -2.14. The van der Waals surface area contributed by atoms with Crippen LogP contribution in [-0.2, 0) is 4.79 Å². The molecular formula is C14H15N3O2S. The zero-order chi connectivity index (χ0) is 14.7. The SMILES string of the molecule is Cc1c(NC(=O)C(N)c2cccs2)cccc1C(N)=O. The molecule has 1 unspecified atom stereocenters. The molecule has 2 amide bonds. The van der Waals surface area contributed by atoms with Gasteiger partial charge in [-0.1, -0.05) is 12.1 Å². The molecule has 5 nitrogen and oxygen atoms in total. The zero-order valence-electron chi connectivity index (χ0n) is 10.9. The molecule has 2 aromatic rings. The molecule has 0 aliphatic rings. The molecule has 0 radical (unpaired) electrons. The van der Waals surface area contributed by atoms with Crippen molar-refractivity contribution >= 4 is 28.8 Å². The van der Waals surface area contributed by atoms with Crippen molar-refractivity contribution in [3.05, 3.63) is 51.7 Å². The Hall–Kier alpha value is -2.18. The predicted octanol–water partition coefficient (Wildman–Crippen LogP) is 1.79. The summed E-state index contributed by atoms with van der Waals surface area (Å²) in [6, 6.07) is 7.91. The molecule has 0 saturated heterocycles. The number of primary amides is 1. The van der Waals surface area contributed by atoms with Gasteiger partial charge in [-0.15, -0.1) is 11.3 Å². The van der Waals surface area contributed by atoms with Crippen molar-refractivity contribution in [2.75, 3.05) is 5.32 Å². The van der Waals surface area contributed by atoms with Crippen LogP contribution in [0.5, 0.6) is 0 Å². The maximum absolute atomic E-state index is 12.1. The van der Waals surface area contributed by atoms with Gasteiger partial charge in [-0.05, 0) is 36.1 Å². The second kappa shape index (κ2) is 5.85. The van der Waals surface area contributed by atoms with Crippen molar-refractivity contribution in [2.24, 2.45) is 11.5 Å². The lowest BCUT2D eigenvalue weighted by atomic mass is 10.1. The molecule has 20 heavy (non-hydrogen) atoms. The van der Waals surface area contributed by atoms with Crippen LogP contribution in [0.1, 0.15) is 26.8 Å². The van der Waals surface area contributed by atoms with Crippen molar-refractivity contribution in [1.82, 2.24) is 0 Å². The summed E-state index contributed by atoms with van der Waals surface area (Å²) in [5.41, 5.74) is 12.7. The second-order valence-electron chi connectivity index (χ2n) is 4.32. The molecule has 1 aromatic heterocycles. The molecule has 0 bridgehead atoms. The summed E-state index contributed by atoms with van der Waals surface area (Å²) in [5.74, 6) is -0.849. The van der Waals surface area contributed by atoms with Gasteiger partial charge in [-0.3, -0.25) is 9.59 Å². The molecule has 104 valence electrons. The first kappa shape index (κ1) is 14.2. The van der Waals surface area contributed by atoms with Gasteiger partial charge in [0.1, 0.15) is 6.04 Å². The number of rotatable bonds is 4. The van der Waals surface area contributed by atoms with Crippen LogP contribution in [0.25, 0.3) is 0 Å². The quantitative estimate of drug-likeness (QED) is 0.800. The average molecular weight is 289 g/mol. The van der Waals surface area contributed by atoms with E-state index in [0.29, 0.717) is 16.8 Å². The summed E-state index contributed by atoms with van der Waals surface area (Å²) < 4.78 is 0. The Bertz CT molecular complexity index is 638. The number of thiophene rings is 1. The van der Waals surface area contributed by atoms with E-state index in [1.165, 1.54) is 11.3 Å². The summed E-state index contributed by atoms with van der Waals surface area (Å²) in [5, 5.41) is 4.59. The van der Waals surface area contributed by atoms with E-state index in [2.05, 4.69) is 5.32 Å². The van der Waals surface area contributed by atoms with E-state index in [4.69, 9.17) is 11.5 Å². The highest BCUT2D eigenvalue weighted by molar-refractivity contribution is 7.10. The van der Waals surface area contributed by atoms with Crippen LogP contribution in [-0.4, -0.2) is 11.8 Å². The van der Waals surface area contributed by atoms with Crippen LogP contribution in [0, 0.1) is 6.92 Å². The molecule has 0 fully saturated rings. The number of carbonyl (C=O) groups excluding carboxylic acids is 2. The number of nitrogens with one attached hydrogen (secondary N) is 1. The third-order valence-electron chi connectivity index (χ3n) is 2.99. The minimum Gasteiger partial charge on any atom is -0.366 e. The largest absolute Gasteiger partial charge is 0.366 e. The first-order valence-corrected chi connectivity index (χ1v) is 6.88. The number of hydrogen-bond donors (Lipinski definition) is 3. The van der Waals surface area contributed by atoms with Crippen LogP contribution in [0.15, 0.2) is 35.7 Å². The fourth-order valence-corrected chi connectivity index (χ4v) is 2.57. The minimum absolute atomic E-state index is 0.322. The van der Waals surface area contributed by atoms with E-state index < -0.39 is 11.9 Å². The van der Waals surface area contributed by atoms with Gasteiger partial charge in [-0.25, -0.2) is 0 Å². The molecule has 0 saturated carbocycles. The standard InChI is InChI=1S/C14H15N3O2S/c1-8-9(13(16)18)4-2-5-10(8)17-14(19)12(15)11-6-3-7-20-11/h2-7,12H,15H2,1H3,(H2,16,18)(H,17,19). The van der Waals surface area contributed by atoms with Gasteiger partial charge in [0.25, 0.3) is 0 Å². The number of nitrogens with two attached hydrogens (primary N) is 2. The fraction of sp³-hybridized carbons (Fsp3) is 0.143. The van der Waals surface area contributed by atoms with Gasteiger partial charge in [0, 0.05) is 16.1 Å². The summed E-state index contributed by atoms with van der Waals surface area (Å²) in [7, 11) is 0. The van der Waals surface area contributed by atoms with Gasteiger partial charge in [0.2, 0.25) is 11.8 Å². The van der Waals surface area contributed by atoms with E-state index in [1.807, 2.05) is 17.5 Å². The van der Waals surface area contributed by atoms with Crippen LogP contribution >= 0.6 is 11.3 Å². The molecule has 0 aliphatic heterocycles. The highest BCUT2D eigenvalue weighted by atomic mass is 32.1. The Kier molecular flexibility index (Phi) is 4.16. The van der Waals surface area contributed by atoms with E-state index in [-0.39, 0.29) is 5.91 Å². The van der Waals surface area contributed by atoms with Gasteiger partial charge < -0.3 is 16.8 Å². The molecule has 2 rings (SSSR count). The van der Waals surface area contributed by atoms with Crippen LogP contribution in [0.4, 0.5) is 5.69 Å². The number of amides is 2. The molecule has 1 aromatic carbocycles. The second-order valence-corrected chi connectivity index (χ2v) is 5.30. The molecule has 0 spiro atoms. The number of carbonyl (C=O) groups is 2. The van der Waals surface area contributed by atoms with Crippen molar-refractivity contribution in [1.29, 1.82) is 0 Å². The number of hydrogen-bond acceptors (Lipinski definition) is 4. The minimum atomic E-state index is -0.730. The van der Waals surface area contributed by atoms with Gasteiger partial charge in [0.05, 0.1) is 0 Å². The van der Waals surface area contributed by atoms with Crippen LogP contribution < -0.4 is 16.8 Å². The molecular weight excluding hydrogens is 274 g/mol. The highest BCUT2D eigenvalue weighted by Gasteiger charge is 2.18. The van der Waals surface area contributed by atoms with Crippen LogP contribution in [0.2, 0.25) is 0 Å². The summed E-state index contributed by atoms with van der Waals surface area (Å²) in [4.78, 5) is 24.1. The molecule has 5 N–H and O–H groups in total. The van der Waals surface area contributed by atoms with Crippen molar-refractivity contribution < 1.29 is 9.59 Å². The third-order valence-corrected chi connectivity index (χ3v) is 3.94. The van der Waals surface area contributed by atoms with Crippen LogP contribution in [0.3, 0.4) is 0 Å². The number of anilines is 1. The highest BCUT2D eigenvalue weighted by Crippen LogP contribution is 2.22. The average Bonchev–Trinajstić information content (AvgIpc) is 2.93. The smallest absolute Gasteiger partial charge is 0.249 e. The van der Waals surface area contributed by atoms with Crippen molar-refractivity contribution in [3.8, 4) is 0 Å². The monoisotopic (exact) mass is 289 g/mol. The fourth-order valence-electron chi connectivity index (χ4n) is 1.85. The molecule has 1 atom stereocenters. The van der Waals surface area contributed by atoms with E-state index in [0.717, 1.165) is 4.88 Å². The lowest BCUT2D eigenvalue weighted by Crippen LogP contribution is -2.27. The molecule has 1 heterocycles. The Morgan fingerprint density at radius 2 is 2.00 bits per heavy atom. The van der Waals surface area contributed by atoms with Crippen molar-refractivity contribution in [3.63, 3.8) is 0 Å². The molecule has 6 heteroatoms. The Labute approximate surface area is 120 Å². The van der Waals surface area contributed by atoms with Gasteiger partial charge in [-0.2, -0.15) is 0 Å². The summed E-state index contributed by atoms with van der Waals surface area (Å²) >= 11 is 1.42. The molecule has 0 aliphatic carbocycles. The van der Waals surface area contributed by atoms with Gasteiger partial charge in [0.15, 0.2) is 0 Å². The van der Waals surface area contributed by atoms with E-state index >= 15 is 0 Å². The topological polar surface area (TPSA) is 98.2 Å². The predicted molar refractivity (Wildman–Crippen MR) is 79.6 cm³/mol. The maximum atomic E-state index is 12.1. The Morgan fingerprint density at radius 3 is 2.60 bits per heavy atom. The van der Waals surface area contributed by atoms with E-state index in [9.17, 15) is 9.59 Å². The zero-order valence-corrected chi connectivity index (χ0v) is 11.7. The third kappa shape index (κ3) is 2.87. The Balaban J connectivity index is 2.20. The van der Waals surface area contributed by atoms with E-state index in [1.54, 1.807) is 25.1 Å². The van der Waals surface area contributed by atoms with Crippen molar-refractivity contribution in [2.45, 2.75) is 13.0 Å². The summed E-state index contributed by atoms with van der Waals surface area (Å²) in [6.07, 6.45) is 0. The van der Waals surface area contributed by atoms with Gasteiger partial charge >= 0.3 is 0 Å². The first-order valence-electron chi connectivity index (χ1n) is 6.00. The number of benzene rings is 1. The Morgan fingerprint density at radius 1 is 1.25 bits per heavy atom.